The van der Waals surface area contributed by atoms with Crippen molar-refractivity contribution in [2.75, 3.05) is 31.1 Å². The number of rotatable bonds is 7. The molecule has 1 N–H and O–H groups in total. The summed E-state index contributed by atoms with van der Waals surface area (Å²) in [5.74, 6) is 0.00795. The summed E-state index contributed by atoms with van der Waals surface area (Å²) < 4.78 is 29.9. The highest BCUT2D eigenvalue weighted by molar-refractivity contribution is 7.89. The van der Waals surface area contributed by atoms with Gasteiger partial charge in [-0.05, 0) is 49.6 Å². The number of fused-ring (bicyclic) bond motifs is 1. The van der Waals surface area contributed by atoms with Gasteiger partial charge < -0.3 is 9.80 Å². The Morgan fingerprint density at radius 3 is 2.45 bits per heavy atom. The van der Waals surface area contributed by atoms with Crippen LogP contribution in [0.4, 0.5) is 5.69 Å². The second-order valence-corrected chi connectivity index (χ2v) is 11.8. The number of piperazine rings is 1. The van der Waals surface area contributed by atoms with E-state index in [1.165, 1.54) is 11.3 Å². The van der Waals surface area contributed by atoms with Gasteiger partial charge in [-0.1, -0.05) is 32.0 Å². The highest BCUT2D eigenvalue weighted by Gasteiger charge is 2.32. The number of carbonyl (C=O) groups is 1. The molecule has 1 saturated heterocycles. The molecule has 2 aromatic carbocycles. The van der Waals surface area contributed by atoms with Crippen molar-refractivity contribution in [2.24, 2.45) is 5.92 Å². The molecule has 0 aliphatic carbocycles. The largest absolute Gasteiger partial charge is 0.368 e. The lowest BCUT2D eigenvalue weighted by atomic mass is 10.0. The molecule has 1 aliphatic heterocycles. The molecule has 1 amide bonds. The zero-order valence-electron chi connectivity index (χ0n) is 19.2. The van der Waals surface area contributed by atoms with E-state index in [1.54, 1.807) is 23.1 Å². The Morgan fingerprint density at radius 2 is 1.79 bits per heavy atom. The Morgan fingerprint density at radius 1 is 1.09 bits per heavy atom. The smallest absolute Gasteiger partial charge is 0.241 e. The van der Waals surface area contributed by atoms with Crippen molar-refractivity contribution in [1.82, 2.24) is 14.6 Å². The van der Waals surface area contributed by atoms with Crippen LogP contribution in [0, 0.1) is 12.8 Å². The molecule has 0 saturated carbocycles. The molecule has 33 heavy (non-hydrogen) atoms. The predicted molar refractivity (Wildman–Crippen MR) is 133 cm³/mol. The van der Waals surface area contributed by atoms with Crippen molar-refractivity contribution in [3.05, 3.63) is 53.5 Å². The Balaban J connectivity index is 1.48. The van der Waals surface area contributed by atoms with E-state index in [2.05, 4.69) is 26.7 Å². The number of nitrogens with one attached hydrogen (secondary N) is 1. The molecule has 1 aromatic heterocycles. The summed E-state index contributed by atoms with van der Waals surface area (Å²) >= 11 is 1.46. The lowest BCUT2D eigenvalue weighted by molar-refractivity contribution is -0.133. The normalized spacial score (nSPS) is 15.9. The number of nitrogens with zero attached hydrogens (tertiary/aromatic N) is 3. The molecule has 3 aromatic rings. The molecule has 0 radical (unpaired) electrons. The monoisotopic (exact) mass is 486 g/mol. The quantitative estimate of drug-likeness (QED) is 0.551. The van der Waals surface area contributed by atoms with Crippen LogP contribution in [0.1, 0.15) is 25.3 Å². The SMILES string of the molecule is Cc1nc2ccc(S(=O)(=O)N[C@@H](CC(C)C)C(=O)N3CCN(c4ccccc4)CC3)cc2s1. The van der Waals surface area contributed by atoms with Crippen molar-refractivity contribution >= 4 is 43.2 Å². The number of sulfonamides is 1. The molecule has 0 unspecified atom stereocenters. The zero-order chi connectivity index (χ0) is 23.6. The van der Waals surface area contributed by atoms with E-state index in [1.807, 2.05) is 39.0 Å². The third-order valence-electron chi connectivity index (χ3n) is 5.79. The Labute approximate surface area is 199 Å². The maximum absolute atomic E-state index is 13.4. The molecule has 1 atom stereocenters. The van der Waals surface area contributed by atoms with Gasteiger partial charge >= 0.3 is 0 Å². The Hall–Kier alpha value is -2.49. The first kappa shape index (κ1) is 23.7. The van der Waals surface area contributed by atoms with Crippen LogP contribution in [0.15, 0.2) is 53.4 Å². The summed E-state index contributed by atoms with van der Waals surface area (Å²) in [6.45, 7) is 8.46. The van der Waals surface area contributed by atoms with E-state index in [-0.39, 0.29) is 16.7 Å². The van der Waals surface area contributed by atoms with Gasteiger partial charge in [0.05, 0.1) is 20.1 Å². The number of benzene rings is 2. The third-order valence-corrected chi connectivity index (χ3v) is 8.20. The molecule has 2 heterocycles. The summed E-state index contributed by atoms with van der Waals surface area (Å²) in [5, 5.41) is 0.884. The number of aromatic nitrogens is 1. The van der Waals surface area contributed by atoms with E-state index in [9.17, 15) is 13.2 Å². The van der Waals surface area contributed by atoms with Crippen LogP contribution in [0.5, 0.6) is 0 Å². The lowest BCUT2D eigenvalue weighted by Crippen LogP contribution is -2.55. The minimum atomic E-state index is -3.85. The van der Waals surface area contributed by atoms with Crippen LogP contribution in [0.25, 0.3) is 10.2 Å². The first-order valence-electron chi connectivity index (χ1n) is 11.2. The van der Waals surface area contributed by atoms with Gasteiger partial charge in [-0.3, -0.25) is 4.79 Å². The van der Waals surface area contributed by atoms with Crippen LogP contribution >= 0.6 is 11.3 Å². The number of carbonyl (C=O) groups excluding carboxylic acids is 1. The van der Waals surface area contributed by atoms with Crippen LogP contribution in [-0.2, 0) is 14.8 Å². The maximum atomic E-state index is 13.4. The lowest BCUT2D eigenvalue weighted by Gasteiger charge is -2.37. The highest BCUT2D eigenvalue weighted by atomic mass is 32.2. The topological polar surface area (TPSA) is 82.6 Å². The van der Waals surface area contributed by atoms with Gasteiger partial charge in [0, 0.05) is 31.9 Å². The number of aryl methyl sites for hydroxylation is 1. The second-order valence-electron chi connectivity index (χ2n) is 8.81. The maximum Gasteiger partial charge on any atom is 0.241 e. The zero-order valence-corrected chi connectivity index (χ0v) is 20.8. The number of amides is 1. The molecule has 7 nitrogen and oxygen atoms in total. The average molecular weight is 487 g/mol. The summed E-state index contributed by atoms with van der Waals surface area (Å²) in [7, 11) is -3.85. The second kappa shape index (κ2) is 9.79. The van der Waals surface area contributed by atoms with Crippen LogP contribution < -0.4 is 9.62 Å². The molecular formula is C24H30N4O3S2. The van der Waals surface area contributed by atoms with Gasteiger partial charge in [0.15, 0.2) is 0 Å². The molecule has 0 spiro atoms. The number of para-hydroxylation sites is 1. The molecule has 176 valence electrons. The van der Waals surface area contributed by atoms with E-state index in [0.29, 0.717) is 19.5 Å². The van der Waals surface area contributed by atoms with E-state index in [0.717, 1.165) is 34.0 Å². The van der Waals surface area contributed by atoms with Crippen LogP contribution in [-0.4, -0.2) is 56.4 Å². The first-order chi connectivity index (χ1) is 15.7. The number of hydrogen-bond donors (Lipinski definition) is 1. The summed E-state index contributed by atoms with van der Waals surface area (Å²) in [4.78, 5) is 22.0. The van der Waals surface area contributed by atoms with Gasteiger partial charge in [-0.25, -0.2) is 13.4 Å². The van der Waals surface area contributed by atoms with Crippen molar-refractivity contribution in [2.45, 2.75) is 38.1 Å². The summed E-state index contributed by atoms with van der Waals surface area (Å²) in [6.07, 6.45) is 0.443. The van der Waals surface area contributed by atoms with Crippen molar-refractivity contribution in [1.29, 1.82) is 0 Å². The Bertz CT molecular complexity index is 1220. The van der Waals surface area contributed by atoms with Gasteiger partial charge in [-0.15, -0.1) is 11.3 Å². The minimum Gasteiger partial charge on any atom is -0.368 e. The Kier molecular flexibility index (Phi) is 7.02. The van der Waals surface area contributed by atoms with Gasteiger partial charge in [-0.2, -0.15) is 4.72 Å². The van der Waals surface area contributed by atoms with Crippen molar-refractivity contribution < 1.29 is 13.2 Å². The minimum absolute atomic E-state index is 0.158. The van der Waals surface area contributed by atoms with Gasteiger partial charge in [0.1, 0.15) is 6.04 Å². The van der Waals surface area contributed by atoms with E-state index < -0.39 is 16.1 Å². The summed E-state index contributed by atoms with van der Waals surface area (Å²) in [5.41, 5.74) is 1.92. The number of hydrogen-bond acceptors (Lipinski definition) is 6. The predicted octanol–water partition coefficient (Wildman–Crippen LogP) is 3.65. The summed E-state index contributed by atoms with van der Waals surface area (Å²) in [6, 6.07) is 14.2. The van der Waals surface area contributed by atoms with E-state index in [4.69, 9.17) is 0 Å². The molecule has 0 bridgehead atoms. The van der Waals surface area contributed by atoms with Crippen molar-refractivity contribution in [3.8, 4) is 0 Å². The molecule has 9 heteroatoms. The standard InChI is InChI=1S/C24H30N4O3S2/c1-17(2)15-22(24(29)28-13-11-27(12-14-28)19-7-5-4-6-8-19)26-33(30,31)20-9-10-21-23(16-20)32-18(3)25-21/h4-10,16-17,22,26H,11-15H2,1-3H3/t22-/m0/s1. The number of thiazole rings is 1. The first-order valence-corrected chi connectivity index (χ1v) is 13.5. The number of anilines is 1. The van der Waals surface area contributed by atoms with Gasteiger partial charge in [0.25, 0.3) is 0 Å². The van der Waals surface area contributed by atoms with Crippen LogP contribution in [0.3, 0.4) is 0 Å². The van der Waals surface area contributed by atoms with Gasteiger partial charge in [0.2, 0.25) is 15.9 Å². The molecular weight excluding hydrogens is 456 g/mol. The van der Waals surface area contributed by atoms with Crippen molar-refractivity contribution in [3.63, 3.8) is 0 Å². The fourth-order valence-corrected chi connectivity index (χ4v) is 6.33. The fraction of sp³-hybridized carbons (Fsp3) is 0.417. The molecule has 1 aliphatic rings. The molecule has 4 rings (SSSR count). The molecule has 1 fully saturated rings. The third kappa shape index (κ3) is 5.54. The highest BCUT2D eigenvalue weighted by Crippen LogP contribution is 2.25. The fourth-order valence-electron chi connectivity index (χ4n) is 4.16. The van der Waals surface area contributed by atoms with E-state index >= 15 is 0 Å². The van der Waals surface area contributed by atoms with Crippen LogP contribution in [0.2, 0.25) is 0 Å². The average Bonchev–Trinajstić information content (AvgIpc) is 3.17.